The van der Waals surface area contributed by atoms with Crippen LogP contribution in [0, 0.1) is 3.57 Å². The molecule has 0 saturated heterocycles. The third-order valence-electron chi connectivity index (χ3n) is 2.57. The van der Waals surface area contributed by atoms with Crippen molar-refractivity contribution < 1.29 is 19.4 Å². The summed E-state index contributed by atoms with van der Waals surface area (Å²) in [7, 11) is 0. The molecule has 2 N–H and O–H groups in total. The number of hydrogen-bond acceptors (Lipinski definition) is 3. The van der Waals surface area contributed by atoms with E-state index in [0.717, 1.165) is 3.57 Å². The van der Waals surface area contributed by atoms with E-state index in [1.165, 1.54) is 0 Å². The molecule has 0 aliphatic heterocycles. The van der Waals surface area contributed by atoms with Crippen LogP contribution in [0.1, 0.15) is 10.4 Å². The Bertz CT molecular complexity index is 672. The number of carbonyl (C=O) groups excluding carboxylic acids is 1. The van der Waals surface area contributed by atoms with Crippen molar-refractivity contribution in [1.82, 2.24) is 0 Å². The van der Waals surface area contributed by atoms with Crippen LogP contribution in [0.2, 0.25) is 0 Å². The number of aliphatic carboxylic acids is 1. The van der Waals surface area contributed by atoms with Crippen LogP contribution < -0.4 is 10.1 Å². The highest BCUT2D eigenvalue weighted by Crippen LogP contribution is 2.19. The average molecular weight is 397 g/mol. The molecule has 5 nitrogen and oxygen atoms in total. The van der Waals surface area contributed by atoms with Gasteiger partial charge in [0.1, 0.15) is 5.75 Å². The van der Waals surface area contributed by atoms with Gasteiger partial charge >= 0.3 is 5.97 Å². The fraction of sp³-hybridized carbons (Fsp3) is 0.0667. The predicted molar refractivity (Wildman–Crippen MR) is 86.7 cm³/mol. The summed E-state index contributed by atoms with van der Waals surface area (Å²) in [4.78, 5) is 22.6. The van der Waals surface area contributed by atoms with Gasteiger partial charge in [0.2, 0.25) is 0 Å². The molecule has 0 bridgehead atoms. The first kappa shape index (κ1) is 15.3. The number of ether oxygens (including phenoxy) is 1. The largest absolute Gasteiger partial charge is 0.482 e. The molecule has 0 heterocycles. The highest BCUT2D eigenvalue weighted by Gasteiger charge is 2.10. The minimum Gasteiger partial charge on any atom is -0.482 e. The van der Waals surface area contributed by atoms with Crippen molar-refractivity contribution in [2.24, 2.45) is 0 Å². The van der Waals surface area contributed by atoms with Gasteiger partial charge in [0.05, 0.1) is 5.56 Å². The normalized spacial score (nSPS) is 9.95. The minimum atomic E-state index is -1.05. The number of amides is 1. The number of carboxylic acid groups (broad SMARTS) is 1. The summed E-state index contributed by atoms with van der Waals surface area (Å²) in [5.74, 6) is -0.892. The molecule has 0 atom stereocenters. The molecule has 0 aliphatic carbocycles. The van der Waals surface area contributed by atoms with Gasteiger partial charge in [-0.1, -0.05) is 18.2 Å². The standard InChI is InChI=1S/C15H12INO4/c16-13-7-2-1-6-12(13)15(20)17-10-4-3-5-11(8-10)21-9-14(18)19/h1-8H,9H2,(H,17,20)(H,18,19). The summed E-state index contributed by atoms with van der Waals surface area (Å²) in [5, 5.41) is 11.3. The molecule has 2 aromatic rings. The Morgan fingerprint density at radius 3 is 2.62 bits per heavy atom. The second-order valence-corrected chi connectivity index (χ2v) is 5.31. The number of carboxylic acids is 1. The lowest BCUT2D eigenvalue weighted by molar-refractivity contribution is -0.139. The van der Waals surface area contributed by atoms with Crippen molar-refractivity contribution >= 4 is 40.2 Å². The zero-order valence-electron chi connectivity index (χ0n) is 10.9. The maximum atomic E-state index is 12.2. The van der Waals surface area contributed by atoms with Gasteiger partial charge in [-0.05, 0) is 46.9 Å². The van der Waals surface area contributed by atoms with Crippen LogP contribution in [-0.2, 0) is 4.79 Å². The van der Waals surface area contributed by atoms with E-state index in [1.807, 2.05) is 12.1 Å². The lowest BCUT2D eigenvalue weighted by Gasteiger charge is -2.09. The first-order valence-corrected chi connectivity index (χ1v) is 7.14. The Morgan fingerprint density at radius 1 is 1.14 bits per heavy atom. The Balaban J connectivity index is 2.09. The maximum absolute atomic E-state index is 12.2. The van der Waals surface area contributed by atoms with Crippen LogP contribution in [0.4, 0.5) is 5.69 Å². The topological polar surface area (TPSA) is 75.6 Å². The Morgan fingerprint density at radius 2 is 1.90 bits per heavy atom. The summed E-state index contributed by atoms with van der Waals surface area (Å²) in [6.45, 7) is -0.423. The second-order valence-electron chi connectivity index (χ2n) is 4.14. The van der Waals surface area contributed by atoms with Crippen molar-refractivity contribution in [3.8, 4) is 5.75 Å². The van der Waals surface area contributed by atoms with Gasteiger partial charge in [-0.15, -0.1) is 0 Å². The van der Waals surface area contributed by atoms with Crippen molar-refractivity contribution in [3.63, 3.8) is 0 Å². The van der Waals surface area contributed by atoms with Crippen LogP contribution in [-0.4, -0.2) is 23.6 Å². The third kappa shape index (κ3) is 4.45. The average Bonchev–Trinajstić information content (AvgIpc) is 2.46. The number of rotatable bonds is 5. The first-order valence-electron chi connectivity index (χ1n) is 6.07. The van der Waals surface area contributed by atoms with Gasteiger partial charge in [-0.3, -0.25) is 4.79 Å². The molecule has 21 heavy (non-hydrogen) atoms. The predicted octanol–water partition coefficient (Wildman–Crippen LogP) is 3.01. The highest BCUT2D eigenvalue weighted by atomic mass is 127. The Hall–Kier alpha value is -2.09. The van der Waals surface area contributed by atoms with Gasteiger partial charge in [-0.2, -0.15) is 0 Å². The lowest BCUT2D eigenvalue weighted by atomic mass is 10.2. The van der Waals surface area contributed by atoms with Crippen LogP contribution in [0.3, 0.4) is 0 Å². The summed E-state index contributed by atoms with van der Waals surface area (Å²) in [5.41, 5.74) is 1.12. The smallest absolute Gasteiger partial charge is 0.341 e. The molecule has 6 heteroatoms. The van der Waals surface area contributed by atoms with Gasteiger partial charge in [-0.25, -0.2) is 4.79 Å². The van der Waals surface area contributed by atoms with Crippen molar-refractivity contribution in [3.05, 3.63) is 57.7 Å². The zero-order chi connectivity index (χ0) is 15.2. The van der Waals surface area contributed by atoms with E-state index in [1.54, 1.807) is 36.4 Å². The fourth-order valence-corrected chi connectivity index (χ4v) is 2.28. The number of halogens is 1. The lowest BCUT2D eigenvalue weighted by Crippen LogP contribution is -2.13. The second kappa shape index (κ2) is 7.07. The van der Waals surface area contributed by atoms with Crippen LogP contribution >= 0.6 is 22.6 Å². The summed E-state index contributed by atoms with van der Waals surface area (Å²) < 4.78 is 5.92. The molecule has 0 saturated carbocycles. The number of carbonyl (C=O) groups is 2. The van der Waals surface area contributed by atoms with Gasteiger partial charge in [0.15, 0.2) is 6.61 Å². The van der Waals surface area contributed by atoms with E-state index in [4.69, 9.17) is 9.84 Å². The Labute approximate surface area is 135 Å². The highest BCUT2D eigenvalue weighted by molar-refractivity contribution is 14.1. The van der Waals surface area contributed by atoms with E-state index in [0.29, 0.717) is 17.0 Å². The molecular formula is C15H12INO4. The minimum absolute atomic E-state index is 0.226. The fourth-order valence-electron chi connectivity index (χ4n) is 1.65. The molecule has 0 radical (unpaired) electrons. The van der Waals surface area contributed by atoms with Crippen molar-refractivity contribution in [2.75, 3.05) is 11.9 Å². The van der Waals surface area contributed by atoms with Gasteiger partial charge in [0.25, 0.3) is 5.91 Å². The van der Waals surface area contributed by atoms with E-state index in [-0.39, 0.29) is 5.91 Å². The Kier molecular flexibility index (Phi) is 5.15. The quantitative estimate of drug-likeness (QED) is 0.761. The molecule has 0 aromatic heterocycles. The van der Waals surface area contributed by atoms with E-state index >= 15 is 0 Å². The van der Waals surface area contributed by atoms with E-state index in [2.05, 4.69) is 27.9 Å². The molecule has 2 rings (SSSR count). The molecule has 1 amide bonds. The summed E-state index contributed by atoms with van der Waals surface area (Å²) in [6, 6.07) is 13.8. The molecular weight excluding hydrogens is 385 g/mol. The summed E-state index contributed by atoms with van der Waals surface area (Å²) in [6.07, 6.45) is 0. The molecule has 2 aromatic carbocycles. The number of benzene rings is 2. The van der Waals surface area contributed by atoms with E-state index in [9.17, 15) is 9.59 Å². The molecule has 0 spiro atoms. The van der Waals surface area contributed by atoms with Crippen LogP contribution in [0.5, 0.6) is 5.75 Å². The molecule has 0 aliphatic rings. The van der Waals surface area contributed by atoms with Crippen molar-refractivity contribution in [1.29, 1.82) is 0 Å². The third-order valence-corrected chi connectivity index (χ3v) is 3.51. The van der Waals surface area contributed by atoms with Gasteiger partial charge < -0.3 is 15.2 Å². The SMILES string of the molecule is O=C(O)COc1cccc(NC(=O)c2ccccc2I)c1. The first-order chi connectivity index (χ1) is 10.1. The monoisotopic (exact) mass is 397 g/mol. The molecule has 108 valence electrons. The zero-order valence-corrected chi connectivity index (χ0v) is 13.0. The number of nitrogens with one attached hydrogen (secondary N) is 1. The van der Waals surface area contributed by atoms with Crippen molar-refractivity contribution in [2.45, 2.75) is 0 Å². The van der Waals surface area contributed by atoms with Crippen LogP contribution in [0.15, 0.2) is 48.5 Å². The van der Waals surface area contributed by atoms with Crippen LogP contribution in [0.25, 0.3) is 0 Å². The van der Waals surface area contributed by atoms with E-state index < -0.39 is 12.6 Å². The molecule has 0 fully saturated rings. The molecule has 0 unspecified atom stereocenters. The summed E-state index contributed by atoms with van der Waals surface area (Å²) >= 11 is 2.09. The van der Waals surface area contributed by atoms with Gasteiger partial charge in [0, 0.05) is 15.3 Å². The number of anilines is 1. The number of hydrogen-bond donors (Lipinski definition) is 2. The maximum Gasteiger partial charge on any atom is 0.341 e.